The number of methoxy groups -OCH3 is 1. The molecule has 0 aliphatic rings. The van der Waals surface area contributed by atoms with Crippen molar-refractivity contribution in [3.05, 3.63) is 36.3 Å². The average Bonchev–Trinajstić information content (AvgIpc) is 3.09. The normalized spacial score (nSPS) is 12.0. The maximum atomic E-state index is 12.0. The Labute approximate surface area is 167 Å². The fourth-order valence-electron chi connectivity index (χ4n) is 2.40. The Kier molecular flexibility index (Phi) is 6.81. The van der Waals surface area contributed by atoms with Crippen LogP contribution in [0.25, 0.3) is 11.3 Å². The highest BCUT2D eigenvalue weighted by Gasteiger charge is 2.24. The van der Waals surface area contributed by atoms with Crippen molar-refractivity contribution in [1.82, 2.24) is 15.3 Å². The molecule has 29 heavy (non-hydrogen) atoms. The van der Waals surface area contributed by atoms with Crippen LogP contribution >= 0.6 is 0 Å². The minimum absolute atomic E-state index is 0.282. The molecule has 1 aromatic carbocycles. The number of aromatic amines is 1. The molecule has 156 valence electrons. The van der Waals surface area contributed by atoms with Gasteiger partial charge in [-0.3, -0.25) is 10.1 Å². The lowest BCUT2D eigenvalue weighted by atomic mass is 10.1. The first-order valence-corrected chi connectivity index (χ1v) is 8.79. The summed E-state index contributed by atoms with van der Waals surface area (Å²) in [6.45, 7) is 5.13. The van der Waals surface area contributed by atoms with E-state index < -0.39 is 29.8 Å². The van der Waals surface area contributed by atoms with Crippen molar-refractivity contribution in [2.75, 3.05) is 12.4 Å². The number of aliphatic carboxylic acids is 1. The third-order valence-electron chi connectivity index (χ3n) is 3.62. The molecule has 0 saturated carbocycles. The monoisotopic (exact) mass is 404 g/mol. The molecule has 0 bridgehead atoms. The number of nitrogens with one attached hydrogen (secondary N) is 3. The highest BCUT2D eigenvalue weighted by Crippen LogP contribution is 2.23. The molecule has 0 fully saturated rings. The number of imidazole rings is 1. The Morgan fingerprint density at radius 1 is 1.17 bits per heavy atom. The summed E-state index contributed by atoms with van der Waals surface area (Å²) in [6, 6.07) is 5.96. The number of aromatic nitrogens is 2. The van der Waals surface area contributed by atoms with Crippen LogP contribution in [0.2, 0.25) is 0 Å². The third-order valence-corrected chi connectivity index (χ3v) is 3.62. The average molecular weight is 404 g/mol. The molecule has 0 aliphatic carbocycles. The Morgan fingerprint density at radius 3 is 2.38 bits per heavy atom. The van der Waals surface area contributed by atoms with Crippen molar-refractivity contribution >= 4 is 23.8 Å². The first kappa shape index (κ1) is 21.7. The summed E-state index contributed by atoms with van der Waals surface area (Å²) in [6.07, 6.45) is -0.149. The summed E-state index contributed by atoms with van der Waals surface area (Å²) in [5, 5.41) is 14.2. The number of carboxylic acid groups (broad SMARTS) is 1. The van der Waals surface area contributed by atoms with Gasteiger partial charge in [0.2, 0.25) is 0 Å². The summed E-state index contributed by atoms with van der Waals surface area (Å²) < 4.78 is 9.72. The van der Waals surface area contributed by atoms with Crippen LogP contribution in [0.1, 0.15) is 39.1 Å². The Hall–Kier alpha value is -3.56. The molecule has 2 rings (SSSR count). The number of carbonyl (C=O) groups is 3. The van der Waals surface area contributed by atoms with E-state index in [9.17, 15) is 14.4 Å². The van der Waals surface area contributed by atoms with Gasteiger partial charge in [-0.1, -0.05) is 12.1 Å². The van der Waals surface area contributed by atoms with Crippen LogP contribution in [-0.2, 0) is 14.3 Å². The number of benzene rings is 1. The molecule has 10 nitrogen and oxygen atoms in total. The minimum Gasteiger partial charge on any atom is -0.481 e. The molecular formula is C19H24N4O6. The van der Waals surface area contributed by atoms with E-state index in [0.29, 0.717) is 11.4 Å². The van der Waals surface area contributed by atoms with Gasteiger partial charge in [0.25, 0.3) is 0 Å². The second kappa shape index (κ2) is 9.09. The quantitative estimate of drug-likeness (QED) is 0.578. The summed E-state index contributed by atoms with van der Waals surface area (Å²) in [5.41, 5.74) is 1.21. The first-order chi connectivity index (χ1) is 13.6. The van der Waals surface area contributed by atoms with Crippen molar-refractivity contribution in [1.29, 1.82) is 0 Å². The van der Waals surface area contributed by atoms with Crippen LogP contribution in [0.4, 0.5) is 15.3 Å². The van der Waals surface area contributed by atoms with Crippen LogP contribution in [-0.4, -0.2) is 45.9 Å². The van der Waals surface area contributed by atoms with Gasteiger partial charge in [-0.25, -0.2) is 14.6 Å². The zero-order valence-electron chi connectivity index (χ0n) is 16.6. The Bertz CT molecular complexity index is 870. The summed E-state index contributed by atoms with van der Waals surface area (Å²) in [4.78, 5) is 41.7. The molecule has 1 unspecified atom stereocenters. The van der Waals surface area contributed by atoms with E-state index >= 15 is 0 Å². The molecule has 0 spiro atoms. The van der Waals surface area contributed by atoms with Gasteiger partial charge in [0, 0.05) is 5.69 Å². The number of anilines is 1. The van der Waals surface area contributed by atoms with E-state index in [1.807, 2.05) is 0 Å². The number of amides is 2. The first-order valence-electron chi connectivity index (χ1n) is 8.79. The Morgan fingerprint density at radius 2 is 1.83 bits per heavy atom. The van der Waals surface area contributed by atoms with Crippen LogP contribution in [0, 0.1) is 0 Å². The van der Waals surface area contributed by atoms with Gasteiger partial charge in [0.1, 0.15) is 17.5 Å². The van der Waals surface area contributed by atoms with Gasteiger partial charge in [0.05, 0.1) is 25.4 Å². The molecule has 1 atom stereocenters. The number of alkyl carbamates (subject to hydrolysis) is 1. The number of nitrogens with zero attached hydrogens (tertiary/aromatic N) is 1. The lowest BCUT2D eigenvalue weighted by Gasteiger charge is -2.22. The molecule has 1 aromatic heterocycles. The number of carbonyl (C=O) groups excluding carboxylic acids is 2. The zero-order chi connectivity index (χ0) is 21.6. The summed E-state index contributed by atoms with van der Waals surface area (Å²) in [7, 11) is 1.27. The largest absolute Gasteiger partial charge is 0.481 e. The number of carboxylic acids is 1. The Balaban J connectivity index is 2.16. The smallest absolute Gasteiger partial charge is 0.411 e. The molecule has 1 heterocycles. The van der Waals surface area contributed by atoms with Gasteiger partial charge < -0.3 is 24.9 Å². The lowest BCUT2D eigenvalue weighted by molar-refractivity contribution is -0.137. The van der Waals surface area contributed by atoms with Crippen molar-refractivity contribution in [3.63, 3.8) is 0 Å². The highest BCUT2D eigenvalue weighted by molar-refractivity contribution is 5.84. The predicted octanol–water partition coefficient (Wildman–Crippen LogP) is 3.30. The highest BCUT2D eigenvalue weighted by atomic mass is 16.6. The molecular weight excluding hydrogens is 380 g/mol. The lowest BCUT2D eigenvalue weighted by Crippen LogP contribution is -2.36. The third kappa shape index (κ3) is 6.83. The van der Waals surface area contributed by atoms with Crippen molar-refractivity contribution in [2.45, 2.75) is 38.8 Å². The van der Waals surface area contributed by atoms with Crippen LogP contribution in [0.15, 0.2) is 30.5 Å². The predicted molar refractivity (Wildman–Crippen MR) is 104 cm³/mol. The molecule has 0 saturated heterocycles. The van der Waals surface area contributed by atoms with Crippen LogP contribution < -0.4 is 10.6 Å². The van der Waals surface area contributed by atoms with E-state index in [0.717, 1.165) is 5.56 Å². The maximum absolute atomic E-state index is 12.0. The van der Waals surface area contributed by atoms with E-state index in [2.05, 4.69) is 25.3 Å². The number of ether oxygens (including phenoxy) is 2. The molecule has 2 aromatic rings. The number of hydrogen-bond acceptors (Lipinski definition) is 6. The van der Waals surface area contributed by atoms with E-state index in [-0.39, 0.29) is 12.2 Å². The molecule has 0 radical (unpaired) electrons. The summed E-state index contributed by atoms with van der Waals surface area (Å²) >= 11 is 0. The van der Waals surface area contributed by atoms with Crippen molar-refractivity contribution in [3.8, 4) is 11.3 Å². The number of rotatable bonds is 6. The van der Waals surface area contributed by atoms with E-state index in [1.54, 1.807) is 45.0 Å². The zero-order valence-corrected chi connectivity index (χ0v) is 16.6. The molecule has 2 amide bonds. The fraction of sp³-hybridized carbons (Fsp3) is 0.368. The summed E-state index contributed by atoms with van der Waals surface area (Å²) in [5.74, 6) is -0.813. The van der Waals surface area contributed by atoms with E-state index in [1.165, 1.54) is 13.3 Å². The van der Waals surface area contributed by atoms with Gasteiger partial charge in [-0.05, 0) is 38.5 Å². The number of H-pyrrole nitrogens is 1. The van der Waals surface area contributed by atoms with Gasteiger partial charge >= 0.3 is 18.2 Å². The second-order valence-electron chi connectivity index (χ2n) is 7.17. The van der Waals surface area contributed by atoms with Crippen LogP contribution in [0.5, 0.6) is 0 Å². The van der Waals surface area contributed by atoms with Gasteiger partial charge in [-0.2, -0.15) is 0 Å². The molecule has 4 N–H and O–H groups in total. The standard InChI is InChI=1S/C19H24N4O6/c1-19(2,3)29-18(27)23-13(9-15(24)25)16-20-10-14(22-16)11-5-7-12(8-6-11)21-17(26)28-4/h5-8,10,13H,9H2,1-4H3,(H,20,22)(H,21,26)(H,23,27)(H,24,25). The van der Waals surface area contributed by atoms with Gasteiger partial charge in [0.15, 0.2) is 0 Å². The minimum atomic E-state index is -1.10. The fourth-order valence-corrected chi connectivity index (χ4v) is 2.40. The maximum Gasteiger partial charge on any atom is 0.411 e. The molecule has 0 aliphatic heterocycles. The molecule has 10 heteroatoms. The van der Waals surface area contributed by atoms with Gasteiger partial charge in [-0.15, -0.1) is 0 Å². The second-order valence-corrected chi connectivity index (χ2v) is 7.17. The number of hydrogen-bond donors (Lipinski definition) is 4. The van der Waals surface area contributed by atoms with Crippen molar-refractivity contribution in [2.24, 2.45) is 0 Å². The SMILES string of the molecule is COC(=O)Nc1ccc(-c2cnc(C(CC(=O)O)NC(=O)OC(C)(C)C)[nH]2)cc1. The van der Waals surface area contributed by atoms with Crippen molar-refractivity contribution < 1.29 is 29.0 Å². The van der Waals surface area contributed by atoms with Crippen LogP contribution in [0.3, 0.4) is 0 Å². The van der Waals surface area contributed by atoms with E-state index in [4.69, 9.17) is 9.84 Å². The topological polar surface area (TPSA) is 143 Å².